The second-order valence-electron chi connectivity index (χ2n) is 9.62. The van der Waals surface area contributed by atoms with Crippen molar-refractivity contribution in [3.63, 3.8) is 0 Å². The molecule has 0 aliphatic carbocycles. The highest BCUT2D eigenvalue weighted by molar-refractivity contribution is 6.36. The number of nitrogens with zero attached hydrogens (tertiary/aromatic N) is 1. The average molecular weight is 521 g/mol. The first-order valence-electron chi connectivity index (χ1n) is 13.1. The summed E-state index contributed by atoms with van der Waals surface area (Å²) in [6.45, 7) is 0. The van der Waals surface area contributed by atoms with E-state index >= 15 is 0 Å². The Balaban J connectivity index is 1.46. The fraction of sp³-hybridized carbons (Fsp3) is 0. The van der Waals surface area contributed by atoms with Crippen LogP contribution >= 0.6 is 11.6 Å². The van der Waals surface area contributed by atoms with Gasteiger partial charge in [-0.15, -0.1) is 0 Å². The zero-order valence-electron chi connectivity index (χ0n) is 21.2. The van der Waals surface area contributed by atoms with Crippen molar-refractivity contribution in [3.05, 3.63) is 151 Å². The van der Waals surface area contributed by atoms with Crippen LogP contribution in [0.4, 0.5) is 28.4 Å². The number of halogens is 1. The summed E-state index contributed by atoms with van der Waals surface area (Å²) in [4.78, 5) is 2.24. The van der Waals surface area contributed by atoms with E-state index in [1.54, 1.807) is 0 Å². The summed E-state index contributed by atoms with van der Waals surface area (Å²) in [6.07, 6.45) is 0. The molecule has 3 heteroatoms. The van der Waals surface area contributed by atoms with Crippen molar-refractivity contribution < 1.29 is 0 Å². The number of nitrogens with one attached hydrogen (secondary N) is 1. The third kappa shape index (κ3) is 4.16. The Morgan fingerprint density at radius 2 is 0.974 bits per heavy atom. The normalized spacial score (nSPS) is 11.2. The summed E-state index contributed by atoms with van der Waals surface area (Å²) in [5.74, 6) is 0. The third-order valence-corrected chi connectivity index (χ3v) is 7.67. The Morgan fingerprint density at radius 1 is 0.436 bits per heavy atom. The number of fused-ring (bicyclic) bond motifs is 6. The minimum atomic E-state index is 0.661. The molecule has 7 rings (SSSR count). The summed E-state index contributed by atoms with van der Waals surface area (Å²) in [7, 11) is 0. The number of rotatable bonds is 5. The second kappa shape index (κ2) is 9.83. The smallest absolute Gasteiger partial charge is 0.0881 e. The summed E-state index contributed by atoms with van der Waals surface area (Å²) in [5, 5.41) is 11.6. The summed E-state index contributed by atoms with van der Waals surface area (Å²) in [5.41, 5.74) is 4.85. The van der Waals surface area contributed by atoms with E-state index in [-0.39, 0.29) is 0 Å². The van der Waals surface area contributed by atoms with Crippen molar-refractivity contribution in [2.45, 2.75) is 0 Å². The van der Waals surface area contributed by atoms with Crippen molar-refractivity contribution >= 4 is 72.4 Å². The standard InChI is InChI=1S/C36H25ClN2/c37-36-34(38-25-12-3-1-4-13-25)20-11-21-35(36)39(26-14-5-2-6-15-26)27-22-23-32-30-18-8-7-16-28(30)29-17-9-10-19-31(29)33(32)24-27/h1-24,38H. The summed E-state index contributed by atoms with van der Waals surface area (Å²) >= 11 is 7.14. The zero-order chi connectivity index (χ0) is 26.2. The fourth-order valence-corrected chi connectivity index (χ4v) is 5.76. The average Bonchev–Trinajstić information content (AvgIpc) is 3.00. The Labute approximate surface area is 232 Å². The molecule has 186 valence electrons. The van der Waals surface area contributed by atoms with Crippen LogP contribution < -0.4 is 10.2 Å². The predicted molar refractivity (Wildman–Crippen MR) is 168 cm³/mol. The number of para-hydroxylation sites is 2. The van der Waals surface area contributed by atoms with E-state index in [2.05, 4.69) is 107 Å². The van der Waals surface area contributed by atoms with Crippen molar-refractivity contribution in [1.82, 2.24) is 0 Å². The van der Waals surface area contributed by atoms with Crippen molar-refractivity contribution in [1.29, 1.82) is 0 Å². The lowest BCUT2D eigenvalue weighted by molar-refractivity contribution is 1.29. The van der Waals surface area contributed by atoms with E-state index in [1.807, 2.05) is 48.5 Å². The van der Waals surface area contributed by atoms with Gasteiger partial charge in [-0.25, -0.2) is 0 Å². The van der Waals surface area contributed by atoms with Crippen molar-refractivity contribution in [2.75, 3.05) is 10.2 Å². The van der Waals surface area contributed by atoms with Crippen LogP contribution in [-0.2, 0) is 0 Å². The number of hydrogen-bond acceptors (Lipinski definition) is 2. The Bertz CT molecular complexity index is 1910. The minimum Gasteiger partial charge on any atom is -0.354 e. The molecule has 0 radical (unpaired) electrons. The number of hydrogen-bond donors (Lipinski definition) is 1. The summed E-state index contributed by atoms with van der Waals surface area (Å²) in [6, 6.07) is 50.7. The Morgan fingerprint density at radius 3 is 1.62 bits per heavy atom. The van der Waals surface area contributed by atoms with Gasteiger partial charge < -0.3 is 10.2 Å². The largest absolute Gasteiger partial charge is 0.354 e. The first-order chi connectivity index (χ1) is 19.3. The second-order valence-corrected chi connectivity index (χ2v) is 10.00. The van der Waals surface area contributed by atoms with E-state index in [0.29, 0.717) is 5.02 Å². The van der Waals surface area contributed by atoms with Gasteiger partial charge in [-0.3, -0.25) is 0 Å². The number of benzene rings is 7. The summed E-state index contributed by atoms with van der Waals surface area (Å²) < 4.78 is 0. The maximum absolute atomic E-state index is 7.14. The van der Waals surface area contributed by atoms with Crippen LogP contribution in [0.15, 0.2) is 146 Å². The van der Waals surface area contributed by atoms with Crippen molar-refractivity contribution in [3.8, 4) is 0 Å². The number of anilines is 5. The molecule has 0 aromatic heterocycles. The molecule has 0 spiro atoms. The van der Waals surface area contributed by atoms with Gasteiger partial charge in [0.15, 0.2) is 0 Å². The lowest BCUT2D eigenvalue weighted by atomic mass is 9.94. The van der Waals surface area contributed by atoms with E-state index in [0.717, 1.165) is 28.4 Å². The molecule has 0 aliphatic rings. The topological polar surface area (TPSA) is 15.3 Å². The minimum absolute atomic E-state index is 0.661. The molecule has 1 N–H and O–H groups in total. The van der Waals surface area contributed by atoms with Crippen LogP contribution in [0, 0.1) is 0 Å². The predicted octanol–water partition coefficient (Wildman–Crippen LogP) is 11.0. The highest BCUT2D eigenvalue weighted by atomic mass is 35.5. The van der Waals surface area contributed by atoms with E-state index < -0.39 is 0 Å². The zero-order valence-corrected chi connectivity index (χ0v) is 21.9. The highest BCUT2D eigenvalue weighted by Gasteiger charge is 2.19. The van der Waals surface area contributed by atoms with Crippen molar-refractivity contribution in [2.24, 2.45) is 0 Å². The first-order valence-corrected chi connectivity index (χ1v) is 13.4. The molecular weight excluding hydrogens is 496 g/mol. The molecule has 2 nitrogen and oxygen atoms in total. The molecule has 0 saturated carbocycles. The van der Waals surface area contributed by atoms with Crippen LogP contribution in [0.3, 0.4) is 0 Å². The molecule has 0 amide bonds. The molecule has 7 aromatic rings. The van der Waals surface area contributed by atoms with Gasteiger partial charge in [0.05, 0.1) is 16.4 Å². The molecule has 0 heterocycles. The Kier molecular flexibility index (Phi) is 5.88. The molecule has 7 aromatic carbocycles. The molecule has 0 aliphatic heterocycles. The molecule has 0 unspecified atom stereocenters. The van der Waals surface area contributed by atoms with Crippen LogP contribution in [0.1, 0.15) is 0 Å². The molecule has 0 atom stereocenters. The van der Waals surface area contributed by atoms with Gasteiger partial charge in [0.1, 0.15) is 0 Å². The van der Waals surface area contributed by atoms with Gasteiger partial charge in [0, 0.05) is 17.1 Å². The van der Waals surface area contributed by atoms with E-state index in [1.165, 1.54) is 32.3 Å². The monoisotopic (exact) mass is 520 g/mol. The van der Waals surface area contributed by atoms with Crippen LogP contribution in [-0.4, -0.2) is 0 Å². The maximum Gasteiger partial charge on any atom is 0.0881 e. The molecule has 0 saturated heterocycles. The first kappa shape index (κ1) is 23.3. The van der Waals surface area contributed by atoms with Crippen LogP contribution in [0.25, 0.3) is 32.3 Å². The van der Waals surface area contributed by atoms with Crippen LogP contribution in [0.2, 0.25) is 5.02 Å². The van der Waals surface area contributed by atoms with Gasteiger partial charge >= 0.3 is 0 Å². The van der Waals surface area contributed by atoms with Crippen LogP contribution in [0.5, 0.6) is 0 Å². The lowest BCUT2D eigenvalue weighted by Crippen LogP contribution is -2.11. The molecule has 39 heavy (non-hydrogen) atoms. The van der Waals surface area contributed by atoms with Gasteiger partial charge in [0.25, 0.3) is 0 Å². The quantitative estimate of drug-likeness (QED) is 0.227. The van der Waals surface area contributed by atoms with Gasteiger partial charge in [-0.2, -0.15) is 0 Å². The van der Waals surface area contributed by atoms with Gasteiger partial charge in [-0.05, 0) is 80.8 Å². The Hall–Kier alpha value is -4.79. The van der Waals surface area contributed by atoms with E-state index in [9.17, 15) is 0 Å². The molecule has 0 fully saturated rings. The van der Waals surface area contributed by atoms with E-state index in [4.69, 9.17) is 11.6 Å². The lowest BCUT2D eigenvalue weighted by Gasteiger charge is -2.28. The van der Waals surface area contributed by atoms with Gasteiger partial charge in [0.2, 0.25) is 0 Å². The third-order valence-electron chi connectivity index (χ3n) is 7.27. The van der Waals surface area contributed by atoms with Gasteiger partial charge in [-0.1, -0.05) is 109 Å². The molecular formula is C36H25ClN2. The SMILES string of the molecule is Clc1c(Nc2ccccc2)cccc1N(c1ccccc1)c1ccc2c3ccccc3c3ccccc3c2c1. The molecule has 0 bridgehead atoms. The maximum atomic E-state index is 7.14. The highest BCUT2D eigenvalue weighted by Crippen LogP contribution is 2.44. The fourth-order valence-electron chi connectivity index (χ4n) is 5.51.